The molecule has 1 aromatic rings. The summed E-state index contributed by atoms with van der Waals surface area (Å²) in [4.78, 5) is 12.8. The van der Waals surface area contributed by atoms with Gasteiger partial charge in [-0.2, -0.15) is 0 Å². The summed E-state index contributed by atoms with van der Waals surface area (Å²) in [6.07, 6.45) is 9.01. The Morgan fingerprint density at radius 2 is 1.78 bits per heavy atom. The molecular formula is C21H30N2O3S. The second-order valence-corrected chi connectivity index (χ2v) is 11.1. The van der Waals surface area contributed by atoms with E-state index in [1.165, 1.54) is 42.7 Å². The third kappa shape index (κ3) is 4.06. The van der Waals surface area contributed by atoms with Gasteiger partial charge in [-0.3, -0.25) is 4.79 Å². The van der Waals surface area contributed by atoms with Crippen LogP contribution in [0.3, 0.4) is 0 Å². The molecule has 3 aliphatic carbocycles. The molecular weight excluding hydrogens is 360 g/mol. The van der Waals surface area contributed by atoms with Crippen molar-refractivity contribution in [3.8, 4) is 0 Å². The van der Waals surface area contributed by atoms with E-state index in [2.05, 4.69) is 5.32 Å². The summed E-state index contributed by atoms with van der Waals surface area (Å²) < 4.78 is 24.4. The van der Waals surface area contributed by atoms with Gasteiger partial charge >= 0.3 is 0 Å². The van der Waals surface area contributed by atoms with Crippen LogP contribution in [-0.4, -0.2) is 38.0 Å². The van der Waals surface area contributed by atoms with Gasteiger partial charge in [0.05, 0.1) is 6.26 Å². The standard InChI is InChI=1S/C21H30N2O3S/c1-23(27(2,25)26)13-14-3-6-17(7-4-14)21(24)22-20-8-5-15-9-16-11-18(10-15)19(20)12-16/h3-4,6-7,15-16,18-20H,5,8-13H2,1-2H3,(H,22,24)/t15?,16?,18-,19?,20?/m0/s1. The van der Waals surface area contributed by atoms with Crippen molar-refractivity contribution in [3.05, 3.63) is 35.4 Å². The number of carbonyl (C=O) groups excluding carboxylic acids is 1. The number of benzene rings is 1. The number of rotatable bonds is 5. The molecule has 3 aliphatic rings. The fraction of sp³-hybridized carbons (Fsp3) is 0.667. The van der Waals surface area contributed by atoms with Crippen LogP contribution in [0.5, 0.6) is 0 Å². The highest BCUT2D eigenvalue weighted by Crippen LogP contribution is 2.53. The fourth-order valence-electron chi connectivity index (χ4n) is 5.66. The first kappa shape index (κ1) is 18.9. The molecule has 3 saturated carbocycles. The molecule has 0 spiro atoms. The van der Waals surface area contributed by atoms with Crippen molar-refractivity contribution >= 4 is 15.9 Å². The first-order chi connectivity index (χ1) is 12.8. The number of sulfonamides is 1. The smallest absolute Gasteiger partial charge is 0.251 e. The van der Waals surface area contributed by atoms with E-state index in [0.29, 0.717) is 24.1 Å². The summed E-state index contributed by atoms with van der Waals surface area (Å²) in [5, 5.41) is 3.33. The van der Waals surface area contributed by atoms with Crippen LogP contribution >= 0.6 is 0 Å². The summed E-state index contributed by atoms with van der Waals surface area (Å²) in [6, 6.07) is 7.62. The Morgan fingerprint density at radius 1 is 1.07 bits per heavy atom. The highest BCUT2D eigenvalue weighted by atomic mass is 32.2. The minimum atomic E-state index is -3.21. The number of nitrogens with one attached hydrogen (secondary N) is 1. The topological polar surface area (TPSA) is 66.5 Å². The normalized spacial score (nSPS) is 32.5. The van der Waals surface area contributed by atoms with E-state index < -0.39 is 10.0 Å². The van der Waals surface area contributed by atoms with Crippen LogP contribution in [0, 0.1) is 23.7 Å². The molecule has 5 nitrogen and oxygen atoms in total. The number of carbonyl (C=O) groups is 1. The maximum Gasteiger partial charge on any atom is 0.251 e. The van der Waals surface area contributed by atoms with Crippen LogP contribution in [-0.2, 0) is 16.6 Å². The SMILES string of the molecule is CN(Cc1ccc(C(=O)NC2CCC3CC4CC2[C@@H](C3)C4)cc1)S(C)(=O)=O. The van der Waals surface area contributed by atoms with Crippen molar-refractivity contribution in [1.82, 2.24) is 9.62 Å². The molecule has 4 rings (SSSR count). The molecule has 1 amide bonds. The van der Waals surface area contributed by atoms with Gasteiger partial charge in [-0.05, 0) is 79.9 Å². The Kier molecular flexibility index (Phi) is 5.06. The van der Waals surface area contributed by atoms with Crippen molar-refractivity contribution < 1.29 is 13.2 Å². The van der Waals surface area contributed by atoms with Crippen molar-refractivity contribution in [2.24, 2.45) is 23.7 Å². The fourth-order valence-corrected chi connectivity index (χ4v) is 6.04. The second-order valence-electron chi connectivity index (χ2n) is 8.97. The van der Waals surface area contributed by atoms with Gasteiger partial charge in [0.1, 0.15) is 0 Å². The van der Waals surface area contributed by atoms with Crippen molar-refractivity contribution in [1.29, 1.82) is 0 Å². The van der Waals surface area contributed by atoms with Crippen LogP contribution < -0.4 is 5.32 Å². The molecule has 0 aliphatic heterocycles. The lowest BCUT2D eigenvalue weighted by molar-refractivity contribution is 0.0912. The average Bonchev–Trinajstić information content (AvgIpc) is 2.86. The van der Waals surface area contributed by atoms with E-state index in [-0.39, 0.29) is 5.91 Å². The number of hydrogen-bond donors (Lipinski definition) is 1. The molecule has 6 heteroatoms. The zero-order chi connectivity index (χ0) is 19.2. The minimum Gasteiger partial charge on any atom is -0.349 e. The number of fused-ring (bicyclic) bond motifs is 2. The summed E-state index contributed by atoms with van der Waals surface area (Å²) in [5.41, 5.74) is 1.54. The van der Waals surface area contributed by atoms with Crippen LogP contribution in [0.4, 0.5) is 0 Å². The van der Waals surface area contributed by atoms with Gasteiger partial charge in [0.25, 0.3) is 5.91 Å². The van der Waals surface area contributed by atoms with Gasteiger partial charge in [0.2, 0.25) is 10.0 Å². The molecule has 1 N–H and O–H groups in total. The predicted octanol–water partition coefficient (Wildman–Crippen LogP) is 3.02. The Balaban J connectivity index is 1.40. The highest BCUT2D eigenvalue weighted by molar-refractivity contribution is 7.88. The van der Waals surface area contributed by atoms with E-state index in [0.717, 1.165) is 29.7 Å². The molecule has 0 heterocycles. The summed E-state index contributed by atoms with van der Waals surface area (Å²) >= 11 is 0. The summed E-state index contributed by atoms with van der Waals surface area (Å²) in [6.45, 7) is 0.315. The van der Waals surface area contributed by atoms with Crippen LogP contribution in [0.2, 0.25) is 0 Å². The molecule has 5 atom stereocenters. The zero-order valence-corrected chi connectivity index (χ0v) is 17.0. The summed E-state index contributed by atoms with van der Waals surface area (Å²) in [5.74, 6) is 3.25. The molecule has 0 radical (unpaired) electrons. The first-order valence-corrected chi connectivity index (χ1v) is 12.0. The van der Waals surface area contributed by atoms with E-state index in [1.807, 2.05) is 12.1 Å². The Labute approximate surface area is 162 Å². The van der Waals surface area contributed by atoms with Crippen LogP contribution in [0.15, 0.2) is 24.3 Å². The lowest BCUT2D eigenvalue weighted by Gasteiger charge is -2.27. The molecule has 4 unspecified atom stereocenters. The molecule has 0 saturated heterocycles. The third-order valence-corrected chi connectivity index (χ3v) is 8.32. The maximum absolute atomic E-state index is 12.8. The molecule has 0 aromatic heterocycles. The number of nitrogens with zero attached hydrogens (tertiary/aromatic N) is 1. The largest absolute Gasteiger partial charge is 0.349 e. The zero-order valence-electron chi connectivity index (χ0n) is 16.2. The van der Waals surface area contributed by atoms with Gasteiger partial charge in [-0.15, -0.1) is 0 Å². The van der Waals surface area contributed by atoms with Gasteiger partial charge in [-0.25, -0.2) is 12.7 Å². The quantitative estimate of drug-likeness (QED) is 0.840. The Morgan fingerprint density at radius 3 is 2.48 bits per heavy atom. The molecule has 3 bridgehead atoms. The van der Waals surface area contributed by atoms with Crippen molar-refractivity contribution in [3.63, 3.8) is 0 Å². The summed E-state index contributed by atoms with van der Waals surface area (Å²) in [7, 11) is -1.65. The molecule has 1 aromatic carbocycles. The number of amides is 1. The van der Waals surface area contributed by atoms with Gasteiger partial charge in [0.15, 0.2) is 0 Å². The highest BCUT2D eigenvalue weighted by Gasteiger charge is 2.46. The third-order valence-electron chi connectivity index (χ3n) is 7.06. The monoisotopic (exact) mass is 390 g/mol. The van der Waals surface area contributed by atoms with E-state index in [4.69, 9.17) is 0 Å². The molecule has 27 heavy (non-hydrogen) atoms. The Hall–Kier alpha value is -1.40. The Bertz CT molecular complexity index is 805. The lowest BCUT2D eigenvalue weighted by atomic mass is 9.80. The van der Waals surface area contributed by atoms with Crippen LogP contribution in [0.25, 0.3) is 0 Å². The molecule has 148 valence electrons. The van der Waals surface area contributed by atoms with Gasteiger partial charge < -0.3 is 5.32 Å². The van der Waals surface area contributed by atoms with E-state index >= 15 is 0 Å². The number of hydrogen-bond acceptors (Lipinski definition) is 3. The van der Waals surface area contributed by atoms with Gasteiger partial charge in [-0.1, -0.05) is 12.1 Å². The predicted molar refractivity (Wildman–Crippen MR) is 106 cm³/mol. The average molecular weight is 391 g/mol. The minimum absolute atomic E-state index is 0.00393. The van der Waals surface area contributed by atoms with E-state index in [9.17, 15) is 13.2 Å². The van der Waals surface area contributed by atoms with Crippen LogP contribution in [0.1, 0.15) is 54.4 Å². The lowest BCUT2D eigenvalue weighted by Crippen LogP contribution is -2.41. The van der Waals surface area contributed by atoms with E-state index in [1.54, 1.807) is 19.2 Å². The second kappa shape index (κ2) is 7.21. The van der Waals surface area contributed by atoms with Crippen molar-refractivity contribution in [2.45, 2.75) is 51.1 Å². The van der Waals surface area contributed by atoms with Crippen molar-refractivity contribution in [2.75, 3.05) is 13.3 Å². The first-order valence-electron chi connectivity index (χ1n) is 10.1. The maximum atomic E-state index is 12.8. The molecule has 3 fully saturated rings. The van der Waals surface area contributed by atoms with Gasteiger partial charge in [0, 0.05) is 25.2 Å².